The highest BCUT2D eigenvalue weighted by molar-refractivity contribution is 5.94. The fraction of sp³-hybridized carbons (Fsp3) is 0.227. The minimum Gasteiger partial charge on any atom is -0.355 e. The molecule has 0 spiro atoms. The van der Waals surface area contributed by atoms with Gasteiger partial charge in [-0.1, -0.05) is 53.7 Å². The quantitative estimate of drug-likeness (QED) is 0.752. The summed E-state index contributed by atoms with van der Waals surface area (Å²) in [5.74, 6) is 0.321. The average Bonchev–Trinajstić information content (AvgIpc) is 3.25. The number of hydrogen-bond acceptors (Lipinski definition) is 4. The second-order valence-electron chi connectivity index (χ2n) is 6.86. The standard InChI is InChI=1S/C22H21N3O3/c26-21(23-18-9-5-2-6-10-18)17-11-13-25(14-12-17)22(27)19-15-20(28-24-19)16-7-3-1-4-8-16/h1-10,15,17H,11-14H2,(H,23,26). The van der Waals surface area contributed by atoms with Crippen molar-refractivity contribution in [1.82, 2.24) is 10.1 Å². The first kappa shape index (κ1) is 18.0. The van der Waals surface area contributed by atoms with E-state index >= 15 is 0 Å². The van der Waals surface area contributed by atoms with Crippen LogP contribution in [0.4, 0.5) is 5.69 Å². The molecule has 0 bridgehead atoms. The molecule has 28 heavy (non-hydrogen) atoms. The third-order valence-corrected chi connectivity index (χ3v) is 4.98. The number of carbonyl (C=O) groups is 2. The highest BCUT2D eigenvalue weighted by Crippen LogP contribution is 2.23. The molecule has 2 heterocycles. The van der Waals surface area contributed by atoms with Crippen molar-refractivity contribution in [2.24, 2.45) is 5.92 Å². The highest BCUT2D eigenvalue weighted by Gasteiger charge is 2.29. The van der Waals surface area contributed by atoms with E-state index in [1.54, 1.807) is 11.0 Å². The SMILES string of the molecule is O=C(Nc1ccccc1)C1CCN(C(=O)c2cc(-c3ccccc3)on2)CC1. The summed E-state index contributed by atoms with van der Waals surface area (Å²) in [6.07, 6.45) is 1.27. The predicted octanol–water partition coefficient (Wildman–Crippen LogP) is 3.83. The molecule has 0 unspecified atom stereocenters. The Bertz CT molecular complexity index is 945. The fourth-order valence-electron chi connectivity index (χ4n) is 3.39. The smallest absolute Gasteiger partial charge is 0.276 e. The third-order valence-electron chi connectivity index (χ3n) is 4.98. The maximum Gasteiger partial charge on any atom is 0.276 e. The molecule has 2 aromatic carbocycles. The summed E-state index contributed by atoms with van der Waals surface area (Å²) in [6.45, 7) is 1.05. The molecule has 0 aliphatic carbocycles. The van der Waals surface area contributed by atoms with Gasteiger partial charge in [-0.15, -0.1) is 0 Å². The highest BCUT2D eigenvalue weighted by atomic mass is 16.5. The van der Waals surface area contributed by atoms with Gasteiger partial charge in [-0.05, 0) is 25.0 Å². The van der Waals surface area contributed by atoms with Gasteiger partial charge in [0, 0.05) is 36.3 Å². The summed E-state index contributed by atoms with van der Waals surface area (Å²) >= 11 is 0. The summed E-state index contributed by atoms with van der Waals surface area (Å²) in [7, 11) is 0. The van der Waals surface area contributed by atoms with Crippen LogP contribution in [-0.4, -0.2) is 35.0 Å². The first-order chi connectivity index (χ1) is 13.7. The third kappa shape index (κ3) is 3.96. The Hall–Kier alpha value is -3.41. The summed E-state index contributed by atoms with van der Waals surface area (Å²) < 4.78 is 5.33. The predicted molar refractivity (Wildman–Crippen MR) is 106 cm³/mol. The van der Waals surface area contributed by atoms with Crippen molar-refractivity contribution in [3.05, 3.63) is 72.4 Å². The van der Waals surface area contributed by atoms with Gasteiger partial charge in [0.1, 0.15) is 0 Å². The van der Waals surface area contributed by atoms with Crippen LogP contribution in [0.1, 0.15) is 23.3 Å². The Labute approximate surface area is 163 Å². The number of para-hydroxylation sites is 1. The lowest BCUT2D eigenvalue weighted by atomic mass is 9.95. The van der Waals surface area contributed by atoms with Gasteiger partial charge in [-0.3, -0.25) is 9.59 Å². The Morgan fingerprint density at radius 1 is 0.964 bits per heavy atom. The van der Waals surface area contributed by atoms with Crippen molar-refractivity contribution < 1.29 is 14.1 Å². The van der Waals surface area contributed by atoms with E-state index in [2.05, 4.69) is 10.5 Å². The number of rotatable bonds is 4. The van der Waals surface area contributed by atoms with Crippen molar-refractivity contribution in [3.63, 3.8) is 0 Å². The number of nitrogens with zero attached hydrogens (tertiary/aromatic N) is 2. The summed E-state index contributed by atoms with van der Waals surface area (Å²) in [5.41, 5.74) is 1.97. The monoisotopic (exact) mass is 375 g/mol. The molecule has 6 nitrogen and oxygen atoms in total. The van der Waals surface area contributed by atoms with Crippen LogP contribution in [0, 0.1) is 5.92 Å². The van der Waals surface area contributed by atoms with E-state index in [1.165, 1.54) is 0 Å². The van der Waals surface area contributed by atoms with Crippen molar-refractivity contribution >= 4 is 17.5 Å². The molecular weight excluding hydrogens is 354 g/mol. The van der Waals surface area contributed by atoms with Crippen molar-refractivity contribution in [1.29, 1.82) is 0 Å². The number of amides is 2. The molecule has 0 atom stereocenters. The van der Waals surface area contributed by atoms with Gasteiger partial charge in [0.15, 0.2) is 11.5 Å². The Morgan fingerprint density at radius 3 is 2.29 bits per heavy atom. The summed E-state index contributed by atoms with van der Waals surface area (Å²) in [5, 5.41) is 6.87. The summed E-state index contributed by atoms with van der Waals surface area (Å²) in [6, 6.07) is 20.6. The normalized spacial score (nSPS) is 14.6. The van der Waals surface area contributed by atoms with Crippen molar-refractivity contribution in [3.8, 4) is 11.3 Å². The molecule has 1 aromatic heterocycles. The molecule has 1 aliphatic heterocycles. The lowest BCUT2D eigenvalue weighted by Gasteiger charge is -2.30. The van der Waals surface area contributed by atoms with Crippen LogP contribution in [0.2, 0.25) is 0 Å². The first-order valence-electron chi connectivity index (χ1n) is 9.38. The number of aromatic nitrogens is 1. The molecule has 1 saturated heterocycles. The van der Waals surface area contributed by atoms with Crippen LogP contribution >= 0.6 is 0 Å². The fourth-order valence-corrected chi connectivity index (χ4v) is 3.39. The zero-order valence-electron chi connectivity index (χ0n) is 15.4. The molecular formula is C22H21N3O3. The number of hydrogen-bond donors (Lipinski definition) is 1. The zero-order valence-corrected chi connectivity index (χ0v) is 15.4. The van der Waals surface area contributed by atoms with Gasteiger partial charge >= 0.3 is 0 Å². The van der Waals surface area contributed by atoms with Gasteiger partial charge in [0.25, 0.3) is 5.91 Å². The van der Waals surface area contributed by atoms with Crippen LogP contribution in [-0.2, 0) is 4.79 Å². The Balaban J connectivity index is 1.34. The molecule has 142 valence electrons. The van der Waals surface area contributed by atoms with Crippen molar-refractivity contribution in [2.45, 2.75) is 12.8 Å². The maximum absolute atomic E-state index is 12.7. The number of benzene rings is 2. The van der Waals surface area contributed by atoms with E-state index in [1.807, 2.05) is 60.7 Å². The van der Waals surface area contributed by atoms with E-state index in [4.69, 9.17) is 4.52 Å². The van der Waals surface area contributed by atoms with Gasteiger partial charge < -0.3 is 14.7 Å². The van der Waals surface area contributed by atoms with Gasteiger partial charge in [-0.25, -0.2) is 0 Å². The Kier molecular flexibility index (Phi) is 5.19. The topological polar surface area (TPSA) is 75.4 Å². The number of anilines is 1. The molecule has 1 N–H and O–H groups in total. The van der Waals surface area contributed by atoms with E-state index < -0.39 is 0 Å². The Morgan fingerprint density at radius 2 is 1.61 bits per heavy atom. The molecule has 1 aliphatic rings. The minimum atomic E-state index is -0.159. The maximum atomic E-state index is 12.7. The van der Waals surface area contributed by atoms with Crippen molar-refractivity contribution in [2.75, 3.05) is 18.4 Å². The number of piperidine rings is 1. The summed E-state index contributed by atoms with van der Waals surface area (Å²) in [4.78, 5) is 26.9. The van der Waals surface area contributed by atoms with E-state index in [0.29, 0.717) is 37.4 Å². The second-order valence-corrected chi connectivity index (χ2v) is 6.86. The van der Waals surface area contributed by atoms with E-state index in [-0.39, 0.29) is 17.7 Å². The van der Waals surface area contributed by atoms with Gasteiger partial charge in [0.2, 0.25) is 5.91 Å². The molecule has 4 rings (SSSR count). The first-order valence-corrected chi connectivity index (χ1v) is 9.38. The molecule has 0 radical (unpaired) electrons. The molecule has 6 heteroatoms. The lowest BCUT2D eigenvalue weighted by molar-refractivity contribution is -0.121. The molecule has 1 fully saturated rings. The number of nitrogens with one attached hydrogen (secondary N) is 1. The van der Waals surface area contributed by atoms with Gasteiger partial charge in [-0.2, -0.15) is 0 Å². The molecule has 0 saturated carbocycles. The van der Waals surface area contributed by atoms with Crippen LogP contribution in [0.5, 0.6) is 0 Å². The van der Waals surface area contributed by atoms with Crippen LogP contribution < -0.4 is 5.32 Å². The zero-order chi connectivity index (χ0) is 19.3. The molecule has 3 aromatic rings. The van der Waals surface area contributed by atoms with Crippen LogP contribution in [0.25, 0.3) is 11.3 Å². The largest absolute Gasteiger partial charge is 0.355 e. The minimum absolute atomic E-state index is 0.00565. The lowest BCUT2D eigenvalue weighted by Crippen LogP contribution is -2.41. The molecule has 2 amide bonds. The number of likely N-dealkylation sites (tertiary alicyclic amines) is 1. The van der Waals surface area contributed by atoms with Gasteiger partial charge in [0.05, 0.1) is 0 Å². The van der Waals surface area contributed by atoms with Crippen LogP contribution in [0.15, 0.2) is 71.3 Å². The van der Waals surface area contributed by atoms with Crippen LogP contribution in [0.3, 0.4) is 0 Å². The second kappa shape index (κ2) is 8.08. The average molecular weight is 375 g/mol. The number of carbonyl (C=O) groups excluding carboxylic acids is 2. The van der Waals surface area contributed by atoms with E-state index in [0.717, 1.165) is 11.3 Å². The van der Waals surface area contributed by atoms with E-state index in [9.17, 15) is 9.59 Å².